The minimum Gasteiger partial charge on any atom is -0.462 e. The lowest BCUT2D eigenvalue weighted by Crippen LogP contribution is -1.90. The first-order chi connectivity index (χ1) is 14.8. The molecule has 0 amide bonds. The molecule has 3 aromatic heterocycles. The normalized spacial score (nSPS) is 11.5. The van der Waals surface area contributed by atoms with Gasteiger partial charge in [0.15, 0.2) is 5.58 Å². The standard InChI is InChI=1S/C27H18N2O/c1-17-12-24-23(14-22-9-11-30-27(22)26(24)29-16-17)25-15-21(8-10-28-25)20-7-6-18-4-2-3-5-19(18)13-20/h2-16H,1H3. The number of pyridine rings is 2. The van der Waals surface area contributed by atoms with Crippen molar-refractivity contribution < 1.29 is 4.42 Å². The fourth-order valence-corrected chi connectivity index (χ4v) is 4.15. The molecule has 3 aromatic carbocycles. The van der Waals surface area contributed by atoms with Crippen LogP contribution in [0.25, 0.3) is 55.0 Å². The third-order valence-electron chi connectivity index (χ3n) is 5.64. The molecule has 6 aromatic rings. The molecular formula is C27H18N2O. The summed E-state index contributed by atoms with van der Waals surface area (Å²) in [5, 5.41) is 4.57. The van der Waals surface area contributed by atoms with Crippen LogP contribution in [-0.2, 0) is 0 Å². The molecule has 0 fully saturated rings. The summed E-state index contributed by atoms with van der Waals surface area (Å²) < 4.78 is 5.71. The Balaban J connectivity index is 1.57. The van der Waals surface area contributed by atoms with Crippen LogP contribution in [0.4, 0.5) is 0 Å². The zero-order valence-electron chi connectivity index (χ0n) is 16.5. The number of aryl methyl sites for hydroxylation is 1. The van der Waals surface area contributed by atoms with Gasteiger partial charge in [0.05, 0.1) is 12.0 Å². The van der Waals surface area contributed by atoms with Gasteiger partial charge >= 0.3 is 0 Å². The molecule has 6 rings (SSSR count). The van der Waals surface area contributed by atoms with E-state index in [9.17, 15) is 0 Å². The van der Waals surface area contributed by atoms with Crippen LogP contribution < -0.4 is 0 Å². The number of rotatable bonds is 2. The highest BCUT2D eigenvalue weighted by Gasteiger charge is 2.14. The van der Waals surface area contributed by atoms with Crippen LogP contribution in [0.15, 0.2) is 95.9 Å². The Hall–Kier alpha value is -3.98. The third-order valence-corrected chi connectivity index (χ3v) is 5.64. The number of furan rings is 1. The van der Waals surface area contributed by atoms with Gasteiger partial charge in [0.1, 0.15) is 5.52 Å². The molecule has 0 radical (unpaired) electrons. The van der Waals surface area contributed by atoms with Crippen LogP contribution in [0.1, 0.15) is 5.56 Å². The predicted octanol–water partition coefficient (Wildman–Crippen LogP) is 7.17. The summed E-state index contributed by atoms with van der Waals surface area (Å²) in [7, 11) is 0. The summed E-state index contributed by atoms with van der Waals surface area (Å²) >= 11 is 0. The molecule has 0 unspecified atom stereocenters. The summed E-state index contributed by atoms with van der Waals surface area (Å²) in [4.78, 5) is 9.37. The van der Waals surface area contributed by atoms with E-state index in [2.05, 4.69) is 78.6 Å². The van der Waals surface area contributed by atoms with E-state index < -0.39 is 0 Å². The van der Waals surface area contributed by atoms with Gasteiger partial charge < -0.3 is 4.42 Å². The van der Waals surface area contributed by atoms with Gasteiger partial charge in [-0.15, -0.1) is 0 Å². The smallest absolute Gasteiger partial charge is 0.160 e. The number of aromatic nitrogens is 2. The van der Waals surface area contributed by atoms with Crippen molar-refractivity contribution in [2.45, 2.75) is 6.92 Å². The number of hydrogen-bond donors (Lipinski definition) is 0. The zero-order chi connectivity index (χ0) is 20.1. The van der Waals surface area contributed by atoms with Crippen molar-refractivity contribution in [3.8, 4) is 22.4 Å². The van der Waals surface area contributed by atoms with Gasteiger partial charge in [0, 0.05) is 28.7 Å². The van der Waals surface area contributed by atoms with Crippen LogP contribution in [-0.4, -0.2) is 9.97 Å². The first-order valence-corrected chi connectivity index (χ1v) is 9.98. The Bertz CT molecular complexity index is 1560. The van der Waals surface area contributed by atoms with Gasteiger partial charge in [-0.2, -0.15) is 0 Å². The van der Waals surface area contributed by atoms with Crippen molar-refractivity contribution in [2.75, 3.05) is 0 Å². The van der Waals surface area contributed by atoms with Gasteiger partial charge in [-0.25, -0.2) is 0 Å². The molecule has 0 aliphatic heterocycles. The van der Waals surface area contributed by atoms with E-state index in [4.69, 9.17) is 9.40 Å². The second-order valence-electron chi connectivity index (χ2n) is 7.66. The Morgan fingerprint density at radius 3 is 2.53 bits per heavy atom. The SMILES string of the molecule is Cc1cnc2c(c1)c(-c1cc(-c3ccc4ccccc4c3)ccn1)cc1ccoc12. The van der Waals surface area contributed by atoms with E-state index in [0.717, 1.165) is 44.3 Å². The van der Waals surface area contributed by atoms with Crippen molar-refractivity contribution in [2.24, 2.45) is 0 Å². The van der Waals surface area contributed by atoms with E-state index in [1.807, 2.05) is 18.5 Å². The van der Waals surface area contributed by atoms with E-state index >= 15 is 0 Å². The second kappa shape index (κ2) is 6.53. The van der Waals surface area contributed by atoms with Crippen molar-refractivity contribution >= 4 is 32.6 Å². The molecular weight excluding hydrogens is 368 g/mol. The highest BCUT2D eigenvalue weighted by atomic mass is 16.3. The molecule has 0 bridgehead atoms. The van der Waals surface area contributed by atoms with Crippen LogP contribution in [0.5, 0.6) is 0 Å². The maximum Gasteiger partial charge on any atom is 0.160 e. The summed E-state index contributed by atoms with van der Waals surface area (Å²) in [5.74, 6) is 0. The Morgan fingerprint density at radius 1 is 0.733 bits per heavy atom. The molecule has 3 nitrogen and oxygen atoms in total. The third kappa shape index (κ3) is 2.67. The van der Waals surface area contributed by atoms with Gasteiger partial charge in [0.2, 0.25) is 0 Å². The van der Waals surface area contributed by atoms with E-state index in [1.165, 1.54) is 16.3 Å². The molecule has 3 heterocycles. The lowest BCUT2D eigenvalue weighted by atomic mass is 9.97. The predicted molar refractivity (Wildman–Crippen MR) is 122 cm³/mol. The van der Waals surface area contributed by atoms with Crippen LogP contribution in [0.3, 0.4) is 0 Å². The number of fused-ring (bicyclic) bond motifs is 4. The summed E-state index contributed by atoms with van der Waals surface area (Å²) in [6, 6.07) is 25.5. The largest absolute Gasteiger partial charge is 0.462 e. The molecule has 0 atom stereocenters. The Morgan fingerprint density at radius 2 is 1.60 bits per heavy atom. The highest BCUT2D eigenvalue weighted by Crippen LogP contribution is 2.35. The van der Waals surface area contributed by atoms with Crippen LogP contribution >= 0.6 is 0 Å². The Kier molecular flexibility index (Phi) is 3.68. The number of nitrogens with zero attached hydrogens (tertiary/aromatic N) is 2. The zero-order valence-corrected chi connectivity index (χ0v) is 16.5. The lowest BCUT2D eigenvalue weighted by Gasteiger charge is -2.10. The average Bonchev–Trinajstić information content (AvgIpc) is 3.27. The molecule has 0 aliphatic carbocycles. The summed E-state index contributed by atoms with van der Waals surface area (Å²) in [6.07, 6.45) is 5.48. The minimum atomic E-state index is 0.819. The number of hydrogen-bond acceptors (Lipinski definition) is 3. The molecule has 0 aliphatic rings. The highest BCUT2D eigenvalue weighted by molar-refractivity contribution is 6.09. The molecule has 3 heteroatoms. The Labute approximate surface area is 173 Å². The quantitative estimate of drug-likeness (QED) is 0.317. The second-order valence-corrected chi connectivity index (χ2v) is 7.66. The first-order valence-electron chi connectivity index (χ1n) is 9.98. The van der Waals surface area contributed by atoms with Crippen LogP contribution in [0, 0.1) is 6.92 Å². The minimum absolute atomic E-state index is 0.819. The van der Waals surface area contributed by atoms with Gasteiger partial charge in [-0.1, -0.05) is 36.4 Å². The van der Waals surface area contributed by atoms with Crippen LogP contribution in [0.2, 0.25) is 0 Å². The monoisotopic (exact) mass is 386 g/mol. The molecule has 142 valence electrons. The molecule has 0 spiro atoms. The molecule has 0 N–H and O–H groups in total. The molecule has 30 heavy (non-hydrogen) atoms. The molecule has 0 saturated heterocycles. The van der Waals surface area contributed by atoms with Crippen molar-refractivity contribution in [1.29, 1.82) is 0 Å². The van der Waals surface area contributed by atoms with E-state index in [0.29, 0.717) is 0 Å². The van der Waals surface area contributed by atoms with Gasteiger partial charge in [0.25, 0.3) is 0 Å². The number of benzene rings is 3. The molecule has 0 saturated carbocycles. The summed E-state index contributed by atoms with van der Waals surface area (Å²) in [6.45, 7) is 2.06. The van der Waals surface area contributed by atoms with Crippen molar-refractivity contribution in [1.82, 2.24) is 9.97 Å². The maximum absolute atomic E-state index is 5.71. The fraction of sp³-hybridized carbons (Fsp3) is 0.0370. The first kappa shape index (κ1) is 16.9. The van der Waals surface area contributed by atoms with E-state index in [1.54, 1.807) is 6.26 Å². The lowest BCUT2D eigenvalue weighted by molar-refractivity contribution is 0.618. The fourth-order valence-electron chi connectivity index (χ4n) is 4.15. The van der Waals surface area contributed by atoms with Crippen molar-refractivity contribution in [3.05, 3.63) is 97.0 Å². The van der Waals surface area contributed by atoms with Crippen molar-refractivity contribution in [3.63, 3.8) is 0 Å². The maximum atomic E-state index is 5.71. The summed E-state index contributed by atoms with van der Waals surface area (Å²) in [5.41, 5.74) is 7.13. The topological polar surface area (TPSA) is 38.9 Å². The van der Waals surface area contributed by atoms with Gasteiger partial charge in [-0.3, -0.25) is 9.97 Å². The average molecular weight is 386 g/mol. The van der Waals surface area contributed by atoms with E-state index in [-0.39, 0.29) is 0 Å². The van der Waals surface area contributed by atoms with Gasteiger partial charge in [-0.05, 0) is 70.8 Å².